The van der Waals surface area contributed by atoms with Gasteiger partial charge in [0.15, 0.2) is 0 Å². The van der Waals surface area contributed by atoms with Gasteiger partial charge in [-0.3, -0.25) is 4.79 Å². The SMILES string of the molecule is CC(C)(CCCO)CNC1CCC1C(=O)O. The average Bonchev–Trinajstić information content (AvgIpc) is 2.12. The molecule has 3 N–H and O–H groups in total. The van der Waals surface area contributed by atoms with Gasteiger partial charge in [-0.05, 0) is 31.1 Å². The second-order valence-electron chi connectivity index (χ2n) is 5.50. The third kappa shape index (κ3) is 3.76. The molecule has 0 aliphatic heterocycles. The van der Waals surface area contributed by atoms with Crippen molar-refractivity contribution >= 4 is 5.97 Å². The Hall–Kier alpha value is -0.610. The molecule has 0 aromatic heterocycles. The van der Waals surface area contributed by atoms with Crippen LogP contribution in [-0.2, 0) is 4.79 Å². The Bertz CT molecular complexity index is 240. The van der Waals surface area contributed by atoms with Crippen LogP contribution in [0.5, 0.6) is 0 Å². The zero-order chi connectivity index (χ0) is 12.2. The van der Waals surface area contributed by atoms with Crippen LogP contribution in [0.25, 0.3) is 0 Å². The lowest BCUT2D eigenvalue weighted by Gasteiger charge is -2.37. The van der Waals surface area contributed by atoms with E-state index in [0.717, 1.165) is 32.2 Å². The Morgan fingerprint density at radius 2 is 2.12 bits per heavy atom. The smallest absolute Gasteiger partial charge is 0.308 e. The van der Waals surface area contributed by atoms with Gasteiger partial charge in [0.1, 0.15) is 0 Å². The molecule has 0 aromatic carbocycles. The molecule has 0 saturated heterocycles. The Labute approximate surface area is 97.0 Å². The second kappa shape index (κ2) is 5.64. The molecule has 1 fully saturated rings. The van der Waals surface area contributed by atoms with Crippen LogP contribution < -0.4 is 5.32 Å². The predicted octanol–water partition coefficient (Wildman–Crippen LogP) is 1.24. The molecule has 1 rings (SSSR count). The molecule has 1 saturated carbocycles. The molecule has 1 aliphatic carbocycles. The first-order valence-electron chi connectivity index (χ1n) is 6.03. The van der Waals surface area contributed by atoms with E-state index >= 15 is 0 Å². The summed E-state index contributed by atoms with van der Waals surface area (Å²) < 4.78 is 0. The summed E-state index contributed by atoms with van der Waals surface area (Å²) in [5.41, 5.74) is 0.126. The van der Waals surface area contributed by atoms with Crippen LogP contribution in [0.2, 0.25) is 0 Å². The monoisotopic (exact) mass is 229 g/mol. The number of hydrogen-bond donors (Lipinski definition) is 3. The van der Waals surface area contributed by atoms with Gasteiger partial charge >= 0.3 is 5.97 Å². The Balaban J connectivity index is 2.26. The molecule has 2 atom stereocenters. The number of aliphatic carboxylic acids is 1. The number of carboxylic acids is 1. The van der Waals surface area contributed by atoms with Crippen molar-refractivity contribution in [3.05, 3.63) is 0 Å². The highest BCUT2D eigenvalue weighted by atomic mass is 16.4. The summed E-state index contributed by atoms with van der Waals surface area (Å²) in [5, 5.41) is 21.0. The first kappa shape index (κ1) is 13.5. The Morgan fingerprint density at radius 3 is 2.56 bits per heavy atom. The van der Waals surface area contributed by atoms with Gasteiger partial charge in [0.2, 0.25) is 0 Å². The summed E-state index contributed by atoms with van der Waals surface area (Å²) in [6, 6.07) is 0.144. The molecule has 0 heterocycles. The molecular weight excluding hydrogens is 206 g/mol. The van der Waals surface area contributed by atoms with Crippen LogP contribution in [-0.4, -0.2) is 35.4 Å². The summed E-state index contributed by atoms with van der Waals surface area (Å²) in [6.45, 7) is 5.33. The van der Waals surface area contributed by atoms with E-state index in [9.17, 15) is 4.79 Å². The number of aliphatic hydroxyl groups excluding tert-OH is 1. The van der Waals surface area contributed by atoms with E-state index < -0.39 is 5.97 Å². The van der Waals surface area contributed by atoms with Crippen molar-refractivity contribution in [1.29, 1.82) is 0 Å². The number of nitrogens with one attached hydrogen (secondary N) is 1. The van der Waals surface area contributed by atoms with Crippen molar-refractivity contribution in [1.82, 2.24) is 5.32 Å². The number of aliphatic hydroxyl groups is 1. The first-order chi connectivity index (χ1) is 7.46. The minimum absolute atomic E-state index is 0.126. The highest BCUT2D eigenvalue weighted by molar-refractivity contribution is 5.72. The van der Waals surface area contributed by atoms with Gasteiger partial charge in [-0.25, -0.2) is 0 Å². The van der Waals surface area contributed by atoms with Crippen molar-refractivity contribution in [2.75, 3.05) is 13.2 Å². The number of hydrogen-bond acceptors (Lipinski definition) is 3. The Morgan fingerprint density at radius 1 is 1.44 bits per heavy atom. The van der Waals surface area contributed by atoms with E-state index in [-0.39, 0.29) is 24.0 Å². The van der Waals surface area contributed by atoms with Gasteiger partial charge in [-0.2, -0.15) is 0 Å². The number of carboxylic acid groups (broad SMARTS) is 1. The largest absolute Gasteiger partial charge is 0.481 e. The molecular formula is C12H23NO3. The van der Waals surface area contributed by atoms with E-state index in [1.54, 1.807) is 0 Å². The zero-order valence-corrected chi connectivity index (χ0v) is 10.2. The van der Waals surface area contributed by atoms with E-state index in [0.29, 0.717) is 0 Å². The van der Waals surface area contributed by atoms with Gasteiger partial charge in [-0.15, -0.1) is 0 Å². The average molecular weight is 229 g/mol. The highest BCUT2D eigenvalue weighted by Gasteiger charge is 2.36. The van der Waals surface area contributed by atoms with Gasteiger partial charge in [0.05, 0.1) is 5.92 Å². The van der Waals surface area contributed by atoms with Crippen molar-refractivity contribution < 1.29 is 15.0 Å². The standard InChI is InChI=1S/C12H23NO3/c1-12(2,6-3-7-14)8-13-10-5-4-9(10)11(15)16/h9-10,13-14H,3-8H2,1-2H3,(H,15,16). The van der Waals surface area contributed by atoms with Crippen LogP contribution in [0.3, 0.4) is 0 Å². The lowest BCUT2D eigenvalue weighted by molar-refractivity contribution is -0.146. The van der Waals surface area contributed by atoms with E-state index in [4.69, 9.17) is 10.2 Å². The first-order valence-corrected chi connectivity index (χ1v) is 6.03. The molecule has 94 valence electrons. The molecule has 0 spiro atoms. The van der Waals surface area contributed by atoms with Crippen LogP contribution in [0.1, 0.15) is 39.5 Å². The maximum atomic E-state index is 10.8. The van der Waals surface area contributed by atoms with Crippen molar-refractivity contribution in [2.45, 2.75) is 45.6 Å². The molecule has 16 heavy (non-hydrogen) atoms. The second-order valence-corrected chi connectivity index (χ2v) is 5.50. The predicted molar refractivity (Wildman–Crippen MR) is 62.3 cm³/mol. The van der Waals surface area contributed by atoms with Crippen molar-refractivity contribution in [2.24, 2.45) is 11.3 Å². The van der Waals surface area contributed by atoms with E-state index in [1.807, 2.05) is 0 Å². The maximum Gasteiger partial charge on any atom is 0.308 e. The van der Waals surface area contributed by atoms with Crippen molar-refractivity contribution in [3.8, 4) is 0 Å². The maximum absolute atomic E-state index is 10.8. The Kier molecular flexibility index (Phi) is 4.74. The van der Waals surface area contributed by atoms with Gasteiger partial charge in [-0.1, -0.05) is 13.8 Å². The van der Waals surface area contributed by atoms with Crippen LogP contribution >= 0.6 is 0 Å². The fourth-order valence-corrected chi connectivity index (χ4v) is 2.09. The third-order valence-corrected chi connectivity index (χ3v) is 3.45. The quantitative estimate of drug-likeness (QED) is 0.614. The molecule has 0 amide bonds. The normalized spacial score (nSPS) is 25.2. The van der Waals surface area contributed by atoms with Gasteiger partial charge < -0.3 is 15.5 Å². The molecule has 2 unspecified atom stereocenters. The minimum atomic E-state index is -0.683. The van der Waals surface area contributed by atoms with Gasteiger partial charge in [0.25, 0.3) is 0 Å². The van der Waals surface area contributed by atoms with E-state index in [2.05, 4.69) is 19.2 Å². The lowest BCUT2D eigenvalue weighted by atomic mass is 9.78. The fourth-order valence-electron chi connectivity index (χ4n) is 2.09. The summed E-state index contributed by atoms with van der Waals surface area (Å²) >= 11 is 0. The lowest BCUT2D eigenvalue weighted by Crippen LogP contribution is -2.50. The highest BCUT2D eigenvalue weighted by Crippen LogP contribution is 2.29. The summed E-state index contributed by atoms with van der Waals surface area (Å²) in [5.74, 6) is -0.884. The van der Waals surface area contributed by atoms with Crippen molar-refractivity contribution in [3.63, 3.8) is 0 Å². The zero-order valence-electron chi connectivity index (χ0n) is 10.2. The van der Waals surface area contributed by atoms with E-state index in [1.165, 1.54) is 0 Å². The summed E-state index contributed by atoms with van der Waals surface area (Å²) in [7, 11) is 0. The van der Waals surface area contributed by atoms with Crippen LogP contribution in [0.4, 0.5) is 0 Å². The minimum Gasteiger partial charge on any atom is -0.481 e. The van der Waals surface area contributed by atoms with Crippen LogP contribution in [0.15, 0.2) is 0 Å². The molecule has 1 aliphatic rings. The number of rotatable bonds is 7. The topological polar surface area (TPSA) is 69.6 Å². The molecule has 0 radical (unpaired) electrons. The third-order valence-electron chi connectivity index (χ3n) is 3.45. The number of carbonyl (C=O) groups is 1. The molecule has 0 aromatic rings. The summed E-state index contributed by atoms with van der Waals surface area (Å²) in [4.78, 5) is 10.8. The molecule has 4 nitrogen and oxygen atoms in total. The summed E-state index contributed by atoms with van der Waals surface area (Å²) in [6.07, 6.45) is 3.53. The molecule has 4 heteroatoms. The fraction of sp³-hybridized carbons (Fsp3) is 0.917. The van der Waals surface area contributed by atoms with Gasteiger partial charge in [0, 0.05) is 19.2 Å². The van der Waals surface area contributed by atoms with Crippen LogP contribution in [0, 0.1) is 11.3 Å². The molecule has 0 bridgehead atoms.